The zero-order valence-electron chi connectivity index (χ0n) is 9.17. The Morgan fingerprint density at radius 3 is 2.47 bits per heavy atom. The van der Waals surface area contributed by atoms with Crippen LogP contribution < -0.4 is 11.1 Å². The van der Waals surface area contributed by atoms with Gasteiger partial charge in [-0.15, -0.1) is 0 Å². The third kappa shape index (κ3) is 2.59. The number of likely N-dealkylation sites (tertiary alicyclic amines) is 1. The molecular formula is C9H18N4O2. The van der Waals surface area contributed by atoms with Crippen LogP contribution in [0.5, 0.6) is 0 Å². The Hall–Kier alpha value is -1.30. The summed E-state index contributed by atoms with van der Waals surface area (Å²) in [6.45, 7) is 1.62. The molecule has 1 amide bonds. The van der Waals surface area contributed by atoms with Crippen LogP contribution in [0.15, 0.2) is 0 Å². The largest absolute Gasteiger partial charge is 0.453 e. The van der Waals surface area contributed by atoms with Gasteiger partial charge in [-0.1, -0.05) is 0 Å². The molecule has 15 heavy (non-hydrogen) atoms. The van der Waals surface area contributed by atoms with Gasteiger partial charge in [-0.05, 0) is 19.9 Å². The molecule has 0 aromatic heterocycles. The molecule has 1 rings (SSSR count). The van der Waals surface area contributed by atoms with Gasteiger partial charge in [-0.3, -0.25) is 5.41 Å². The first-order valence-corrected chi connectivity index (χ1v) is 4.89. The number of alkyl carbamates (subject to hydrolysis) is 1. The van der Waals surface area contributed by atoms with Crippen LogP contribution in [-0.2, 0) is 4.74 Å². The molecule has 0 spiro atoms. The van der Waals surface area contributed by atoms with Gasteiger partial charge < -0.3 is 20.7 Å². The second-order valence-electron chi connectivity index (χ2n) is 3.92. The molecule has 1 saturated heterocycles. The summed E-state index contributed by atoms with van der Waals surface area (Å²) in [5, 5.41) is 10.2. The average Bonchev–Trinajstić information content (AvgIpc) is 2.21. The lowest BCUT2D eigenvalue weighted by Crippen LogP contribution is -2.61. The van der Waals surface area contributed by atoms with Gasteiger partial charge in [-0.2, -0.15) is 0 Å². The van der Waals surface area contributed by atoms with Crippen molar-refractivity contribution >= 4 is 11.9 Å². The molecule has 86 valence electrons. The summed E-state index contributed by atoms with van der Waals surface area (Å²) in [6, 6.07) is 0. The predicted octanol–water partition coefficient (Wildman–Crippen LogP) is -0.257. The van der Waals surface area contributed by atoms with Crippen LogP contribution in [-0.4, -0.2) is 49.6 Å². The fourth-order valence-corrected chi connectivity index (χ4v) is 1.71. The van der Waals surface area contributed by atoms with Gasteiger partial charge in [0.05, 0.1) is 7.11 Å². The van der Waals surface area contributed by atoms with Crippen molar-refractivity contribution in [3.05, 3.63) is 0 Å². The molecule has 1 heterocycles. The number of methoxy groups -OCH3 is 1. The molecule has 0 atom stereocenters. The molecule has 0 bridgehead atoms. The first-order chi connectivity index (χ1) is 7.00. The third-order valence-corrected chi connectivity index (χ3v) is 2.88. The maximum absolute atomic E-state index is 11.2. The first kappa shape index (κ1) is 11.8. The molecular weight excluding hydrogens is 196 g/mol. The molecule has 0 aromatic carbocycles. The van der Waals surface area contributed by atoms with Gasteiger partial charge >= 0.3 is 6.09 Å². The Morgan fingerprint density at radius 2 is 2.07 bits per heavy atom. The number of hydrogen-bond acceptors (Lipinski definition) is 4. The summed E-state index contributed by atoms with van der Waals surface area (Å²) < 4.78 is 4.54. The molecule has 0 aromatic rings. The van der Waals surface area contributed by atoms with Crippen LogP contribution >= 0.6 is 0 Å². The van der Waals surface area contributed by atoms with Crippen molar-refractivity contribution in [1.82, 2.24) is 10.2 Å². The number of amides is 1. The number of rotatable bonds is 2. The number of nitrogens with two attached hydrogens (primary N) is 1. The highest BCUT2D eigenvalue weighted by molar-refractivity contribution is 5.90. The number of nitrogens with one attached hydrogen (secondary N) is 2. The van der Waals surface area contributed by atoms with Crippen molar-refractivity contribution in [1.29, 1.82) is 5.41 Å². The maximum atomic E-state index is 11.2. The molecule has 1 fully saturated rings. The Morgan fingerprint density at radius 1 is 1.53 bits per heavy atom. The number of amidine groups is 1. The van der Waals surface area contributed by atoms with Crippen molar-refractivity contribution in [3.8, 4) is 0 Å². The lowest BCUT2D eigenvalue weighted by Gasteiger charge is -2.39. The van der Waals surface area contributed by atoms with Crippen LogP contribution in [0.1, 0.15) is 12.8 Å². The average molecular weight is 214 g/mol. The highest BCUT2D eigenvalue weighted by Gasteiger charge is 2.38. The Balaban J connectivity index is 2.71. The van der Waals surface area contributed by atoms with Crippen molar-refractivity contribution in [2.45, 2.75) is 18.4 Å². The molecule has 0 aliphatic carbocycles. The fraction of sp³-hybridized carbons (Fsp3) is 0.778. The topological polar surface area (TPSA) is 91.4 Å². The van der Waals surface area contributed by atoms with Crippen LogP contribution in [0.3, 0.4) is 0 Å². The van der Waals surface area contributed by atoms with E-state index in [9.17, 15) is 4.79 Å². The highest BCUT2D eigenvalue weighted by Crippen LogP contribution is 2.21. The number of ether oxygens (including phenoxy) is 1. The quantitative estimate of drug-likeness (QED) is 0.436. The Bertz CT molecular complexity index is 259. The summed E-state index contributed by atoms with van der Waals surface area (Å²) in [6.07, 6.45) is 0.761. The van der Waals surface area contributed by atoms with Crippen molar-refractivity contribution in [2.24, 2.45) is 5.73 Å². The molecule has 0 radical (unpaired) electrons. The molecule has 0 unspecified atom stereocenters. The number of hydrogen-bond donors (Lipinski definition) is 3. The molecule has 1 aliphatic heterocycles. The minimum atomic E-state index is -0.723. The number of nitrogens with zero attached hydrogens (tertiary/aromatic N) is 1. The number of carbonyl (C=O) groups is 1. The van der Waals surface area contributed by atoms with Gasteiger partial charge in [0.15, 0.2) is 0 Å². The van der Waals surface area contributed by atoms with Crippen LogP contribution in [0.25, 0.3) is 0 Å². The standard InChI is InChI=1S/C9H18N4O2/c1-13-5-3-9(4-6-13,7(10)11)12-8(14)15-2/h3-6H2,1-2H3,(H3,10,11)(H,12,14). The van der Waals surface area contributed by atoms with E-state index in [2.05, 4.69) is 15.0 Å². The maximum Gasteiger partial charge on any atom is 0.407 e. The van der Waals surface area contributed by atoms with Gasteiger partial charge in [0.25, 0.3) is 0 Å². The zero-order valence-corrected chi connectivity index (χ0v) is 9.17. The van der Waals surface area contributed by atoms with Gasteiger partial charge in [-0.25, -0.2) is 4.79 Å². The van der Waals surface area contributed by atoms with Gasteiger partial charge in [0.2, 0.25) is 0 Å². The Kier molecular flexibility index (Phi) is 3.52. The normalized spacial score (nSPS) is 20.7. The van der Waals surface area contributed by atoms with Crippen molar-refractivity contribution < 1.29 is 9.53 Å². The third-order valence-electron chi connectivity index (χ3n) is 2.88. The predicted molar refractivity (Wildman–Crippen MR) is 56.9 cm³/mol. The van der Waals surface area contributed by atoms with Crippen LogP contribution in [0.4, 0.5) is 4.79 Å². The van der Waals surface area contributed by atoms with E-state index >= 15 is 0 Å². The van der Waals surface area contributed by atoms with E-state index in [0.717, 1.165) is 13.1 Å². The van der Waals surface area contributed by atoms with E-state index in [1.54, 1.807) is 0 Å². The number of piperidine rings is 1. The van der Waals surface area contributed by atoms with Crippen molar-refractivity contribution in [3.63, 3.8) is 0 Å². The first-order valence-electron chi connectivity index (χ1n) is 4.89. The fourth-order valence-electron chi connectivity index (χ4n) is 1.71. The molecule has 6 heteroatoms. The van der Waals surface area contributed by atoms with E-state index in [4.69, 9.17) is 11.1 Å². The minimum Gasteiger partial charge on any atom is -0.453 e. The van der Waals surface area contributed by atoms with Crippen LogP contribution in [0, 0.1) is 5.41 Å². The summed E-state index contributed by atoms with van der Waals surface area (Å²) in [7, 11) is 3.31. The lowest BCUT2D eigenvalue weighted by molar-refractivity contribution is 0.145. The van der Waals surface area contributed by atoms with Gasteiger partial charge in [0.1, 0.15) is 11.4 Å². The SMILES string of the molecule is COC(=O)NC1(C(=N)N)CCN(C)CC1. The minimum absolute atomic E-state index is 0.000926. The summed E-state index contributed by atoms with van der Waals surface area (Å²) >= 11 is 0. The summed E-state index contributed by atoms with van der Waals surface area (Å²) in [5.41, 5.74) is 4.82. The number of carbonyl (C=O) groups excluding carboxylic acids is 1. The van der Waals surface area contributed by atoms with Gasteiger partial charge in [0, 0.05) is 13.1 Å². The van der Waals surface area contributed by atoms with E-state index in [-0.39, 0.29) is 5.84 Å². The Labute approximate surface area is 89.3 Å². The zero-order chi connectivity index (χ0) is 11.5. The van der Waals surface area contributed by atoms with E-state index in [1.165, 1.54) is 7.11 Å². The van der Waals surface area contributed by atoms with E-state index in [0.29, 0.717) is 12.8 Å². The molecule has 6 nitrogen and oxygen atoms in total. The highest BCUT2D eigenvalue weighted by atomic mass is 16.5. The smallest absolute Gasteiger partial charge is 0.407 e. The second-order valence-corrected chi connectivity index (χ2v) is 3.92. The van der Waals surface area contributed by atoms with Crippen molar-refractivity contribution in [2.75, 3.05) is 27.2 Å². The summed E-state index contributed by atoms with van der Waals surface area (Å²) in [4.78, 5) is 13.3. The molecule has 1 aliphatic rings. The second kappa shape index (κ2) is 4.48. The van der Waals surface area contributed by atoms with E-state index < -0.39 is 11.6 Å². The monoisotopic (exact) mass is 214 g/mol. The molecule has 4 N–H and O–H groups in total. The molecule has 0 saturated carbocycles. The van der Waals surface area contributed by atoms with E-state index in [1.807, 2.05) is 7.05 Å². The summed E-state index contributed by atoms with van der Waals surface area (Å²) in [5.74, 6) is 0.000926. The lowest BCUT2D eigenvalue weighted by atomic mass is 9.86. The van der Waals surface area contributed by atoms with Crippen LogP contribution in [0.2, 0.25) is 0 Å².